The fourth-order valence-electron chi connectivity index (χ4n) is 2.24. The van der Waals surface area contributed by atoms with Gasteiger partial charge in [-0.25, -0.2) is 0 Å². The van der Waals surface area contributed by atoms with E-state index in [0.29, 0.717) is 6.07 Å². The summed E-state index contributed by atoms with van der Waals surface area (Å²) in [6.45, 7) is 4.67. The van der Waals surface area contributed by atoms with Crippen LogP contribution in [0.4, 0.5) is 13.2 Å². The fraction of sp³-hybridized carbons (Fsp3) is 0.400. The highest BCUT2D eigenvalue weighted by Crippen LogP contribution is 2.36. The number of benzene rings is 1. The van der Waals surface area contributed by atoms with Gasteiger partial charge >= 0.3 is 6.18 Å². The molecule has 0 amide bonds. The van der Waals surface area contributed by atoms with Gasteiger partial charge in [-0.05, 0) is 12.1 Å². The molecular formula is C15H13F3O3. The van der Waals surface area contributed by atoms with E-state index in [-0.39, 0.29) is 11.1 Å². The molecule has 0 bridgehead atoms. The van der Waals surface area contributed by atoms with E-state index in [2.05, 4.69) is 0 Å². The van der Waals surface area contributed by atoms with Crippen molar-refractivity contribution in [2.75, 3.05) is 0 Å². The van der Waals surface area contributed by atoms with Crippen LogP contribution < -0.4 is 0 Å². The van der Waals surface area contributed by atoms with Crippen LogP contribution in [0.5, 0.6) is 0 Å². The minimum Gasteiger partial charge on any atom is -0.298 e. The maximum Gasteiger partial charge on any atom is 0.416 e. The van der Waals surface area contributed by atoms with Crippen molar-refractivity contribution in [2.24, 2.45) is 11.3 Å². The van der Waals surface area contributed by atoms with Crippen LogP contribution >= 0.6 is 0 Å². The zero-order valence-electron chi connectivity index (χ0n) is 11.7. The highest BCUT2D eigenvalue weighted by atomic mass is 19.4. The van der Waals surface area contributed by atoms with E-state index in [1.54, 1.807) is 20.8 Å². The van der Waals surface area contributed by atoms with Crippen molar-refractivity contribution in [3.8, 4) is 0 Å². The van der Waals surface area contributed by atoms with Crippen LogP contribution in [0.1, 0.15) is 47.1 Å². The summed E-state index contributed by atoms with van der Waals surface area (Å²) in [4.78, 5) is 36.5. The van der Waals surface area contributed by atoms with Gasteiger partial charge in [0.1, 0.15) is 5.92 Å². The molecule has 1 aromatic carbocycles. The molecule has 1 aromatic rings. The number of Topliss-reactive ketones (excluding diaryl/α,β-unsaturated/α-hetero) is 3. The summed E-state index contributed by atoms with van der Waals surface area (Å²) >= 11 is 0. The van der Waals surface area contributed by atoms with Gasteiger partial charge < -0.3 is 0 Å². The summed E-state index contributed by atoms with van der Waals surface area (Å²) in [5.74, 6) is -3.67. The Bertz CT molecular complexity index is 651. The maximum absolute atomic E-state index is 12.7. The van der Waals surface area contributed by atoms with E-state index >= 15 is 0 Å². The number of carbonyl (C=O) groups is 3. The second kappa shape index (κ2) is 4.51. The number of halogens is 3. The average Bonchev–Trinajstić information content (AvgIpc) is 2.58. The molecule has 0 aliphatic heterocycles. The van der Waals surface area contributed by atoms with Crippen molar-refractivity contribution in [2.45, 2.75) is 26.9 Å². The van der Waals surface area contributed by atoms with Gasteiger partial charge in [-0.15, -0.1) is 0 Å². The average molecular weight is 298 g/mol. The van der Waals surface area contributed by atoms with E-state index in [4.69, 9.17) is 0 Å². The first-order valence-corrected chi connectivity index (χ1v) is 6.28. The van der Waals surface area contributed by atoms with E-state index < -0.39 is 40.4 Å². The van der Waals surface area contributed by atoms with E-state index in [0.717, 1.165) is 12.1 Å². The molecule has 6 heteroatoms. The molecule has 0 saturated carbocycles. The van der Waals surface area contributed by atoms with Gasteiger partial charge in [0.2, 0.25) is 0 Å². The summed E-state index contributed by atoms with van der Waals surface area (Å²) in [5.41, 5.74) is -2.37. The first kappa shape index (κ1) is 15.4. The quantitative estimate of drug-likeness (QED) is 0.747. The fourth-order valence-corrected chi connectivity index (χ4v) is 2.24. The molecule has 0 saturated heterocycles. The van der Waals surface area contributed by atoms with Crippen LogP contribution in [-0.2, 0) is 11.0 Å². The van der Waals surface area contributed by atoms with E-state index in [1.807, 2.05) is 0 Å². The molecule has 0 aromatic heterocycles. The molecule has 1 atom stereocenters. The lowest BCUT2D eigenvalue weighted by atomic mass is 9.81. The molecule has 1 aliphatic rings. The summed E-state index contributed by atoms with van der Waals surface area (Å²) in [7, 11) is 0. The molecule has 0 radical (unpaired) electrons. The zero-order valence-corrected chi connectivity index (χ0v) is 11.7. The lowest BCUT2D eigenvalue weighted by Crippen LogP contribution is -2.34. The smallest absolute Gasteiger partial charge is 0.298 e. The van der Waals surface area contributed by atoms with Crippen molar-refractivity contribution in [1.82, 2.24) is 0 Å². The van der Waals surface area contributed by atoms with Gasteiger partial charge in [-0.2, -0.15) is 13.2 Å². The topological polar surface area (TPSA) is 51.2 Å². The van der Waals surface area contributed by atoms with Gasteiger partial charge in [0.15, 0.2) is 17.3 Å². The first-order chi connectivity index (χ1) is 9.44. The Hall–Kier alpha value is -1.98. The SMILES string of the molecule is CC(C)(C)C(=O)C1C(=O)c2ccc(C(F)(F)F)cc2C1=O. The highest BCUT2D eigenvalue weighted by Gasteiger charge is 2.47. The van der Waals surface area contributed by atoms with Crippen LogP contribution in [0.15, 0.2) is 18.2 Å². The van der Waals surface area contributed by atoms with Crippen LogP contribution in [0.2, 0.25) is 0 Å². The molecule has 0 fully saturated rings. The highest BCUT2D eigenvalue weighted by molar-refractivity contribution is 6.36. The number of rotatable bonds is 1. The van der Waals surface area contributed by atoms with Crippen molar-refractivity contribution in [1.29, 1.82) is 0 Å². The molecule has 1 aliphatic carbocycles. The maximum atomic E-state index is 12.7. The molecule has 2 rings (SSSR count). The van der Waals surface area contributed by atoms with Gasteiger partial charge in [0.05, 0.1) is 5.56 Å². The third-order valence-electron chi connectivity index (χ3n) is 3.40. The summed E-state index contributed by atoms with van der Waals surface area (Å²) in [5, 5.41) is 0. The van der Waals surface area contributed by atoms with Crippen molar-refractivity contribution < 1.29 is 27.6 Å². The van der Waals surface area contributed by atoms with Gasteiger partial charge in [-0.3, -0.25) is 14.4 Å². The van der Waals surface area contributed by atoms with Crippen molar-refractivity contribution in [3.63, 3.8) is 0 Å². The minimum absolute atomic E-state index is 0.115. The Balaban J connectivity index is 2.51. The molecule has 0 heterocycles. The Kier molecular flexibility index (Phi) is 3.31. The Morgan fingerprint density at radius 1 is 1.00 bits per heavy atom. The Morgan fingerprint density at radius 3 is 2.00 bits per heavy atom. The van der Waals surface area contributed by atoms with Crippen molar-refractivity contribution >= 4 is 17.3 Å². The second-order valence-electron chi connectivity index (χ2n) is 6.03. The first-order valence-electron chi connectivity index (χ1n) is 6.28. The minimum atomic E-state index is -4.61. The van der Waals surface area contributed by atoms with Crippen LogP contribution in [0.3, 0.4) is 0 Å². The third-order valence-corrected chi connectivity index (χ3v) is 3.40. The molecule has 21 heavy (non-hydrogen) atoms. The molecule has 0 spiro atoms. The number of ketones is 3. The molecular weight excluding hydrogens is 285 g/mol. The molecule has 112 valence electrons. The van der Waals surface area contributed by atoms with Crippen molar-refractivity contribution in [3.05, 3.63) is 34.9 Å². The number of fused-ring (bicyclic) bond motifs is 1. The molecule has 3 nitrogen and oxygen atoms in total. The Morgan fingerprint density at radius 2 is 1.52 bits per heavy atom. The van der Waals surface area contributed by atoms with E-state index in [1.165, 1.54) is 0 Å². The van der Waals surface area contributed by atoms with E-state index in [9.17, 15) is 27.6 Å². The lowest BCUT2D eigenvalue weighted by Gasteiger charge is -2.19. The number of alkyl halides is 3. The Labute approximate surface area is 119 Å². The van der Waals surface area contributed by atoms with Crippen LogP contribution in [-0.4, -0.2) is 17.3 Å². The molecule has 1 unspecified atom stereocenters. The monoisotopic (exact) mass is 298 g/mol. The van der Waals surface area contributed by atoms with Gasteiger partial charge in [0.25, 0.3) is 0 Å². The van der Waals surface area contributed by atoms with Gasteiger partial charge in [-0.1, -0.05) is 26.8 Å². The standard InChI is InChI=1S/C15H13F3O3/c1-14(2,3)13(21)10-11(19)8-5-4-7(15(16,17)18)6-9(8)12(10)20/h4-6,10H,1-3H3. The zero-order chi connectivity index (χ0) is 16.2. The summed E-state index contributed by atoms with van der Waals surface area (Å²) in [6.07, 6.45) is -4.61. The molecule has 0 N–H and O–H groups in total. The number of hydrogen-bond acceptors (Lipinski definition) is 3. The number of hydrogen-bond donors (Lipinski definition) is 0. The van der Waals surface area contributed by atoms with Crippen LogP contribution in [0.25, 0.3) is 0 Å². The largest absolute Gasteiger partial charge is 0.416 e. The lowest BCUT2D eigenvalue weighted by molar-refractivity contribution is -0.137. The van der Waals surface area contributed by atoms with Crippen LogP contribution in [0, 0.1) is 11.3 Å². The number of carbonyl (C=O) groups excluding carboxylic acids is 3. The summed E-state index contributed by atoms with van der Waals surface area (Å²) < 4.78 is 38.0. The predicted octanol–water partition coefficient (Wildman–Crippen LogP) is 3.32. The summed E-state index contributed by atoms with van der Waals surface area (Å²) in [6, 6.07) is 2.35. The predicted molar refractivity (Wildman–Crippen MR) is 68.1 cm³/mol. The second-order valence-corrected chi connectivity index (χ2v) is 6.03. The third kappa shape index (κ3) is 2.50. The normalized spacial score (nSPS) is 18.9. The van der Waals surface area contributed by atoms with Gasteiger partial charge in [0, 0.05) is 16.5 Å².